The minimum atomic E-state index is -1.28. The Labute approximate surface area is 170 Å². The standard InChI is InChI=1S/C19H17ClN4O5/c1-11-5-3-4-6-13(11)19(2)17(26)23(18(27)22-19)10-16(25)21-15-8-7-12(24(28)29)9-14(15)20/h3-9H,10H2,1-2H3,(H,21,25)(H,22,27). The molecule has 0 aliphatic carbocycles. The maximum atomic E-state index is 12.9. The molecule has 1 aliphatic rings. The Morgan fingerprint density at radius 1 is 1.28 bits per heavy atom. The summed E-state index contributed by atoms with van der Waals surface area (Å²) in [5, 5.41) is 15.8. The first-order valence-corrected chi connectivity index (χ1v) is 8.95. The molecule has 0 aromatic heterocycles. The molecule has 0 bridgehead atoms. The zero-order valence-electron chi connectivity index (χ0n) is 15.6. The third kappa shape index (κ3) is 3.77. The fourth-order valence-electron chi connectivity index (χ4n) is 3.21. The smallest absolute Gasteiger partial charge is 0.323 e. The van der Waals surface area contributed by atoms with Crippen molar-refractivity contribution >= 4 is 40.8 Å². The molecule has 29 heavy (non-hydrogen) atoms. The first kappa shape index (κ1) is 20.3. The van der Waals surface area contributed by atoms with E-state index in [1.807, 2.05) is 19.1 Å². The minimum Gasteiger partial charge on any atom is -0.323 e. The van der Waals surface area contributed by atoms with Crippen molar-refractivity contribution in [3.05, 3.63) is 68.7 Å². The van der Waals surface area contributed by atoms with Crippen molar-refractivity contribution in [2.75, 3.05) is 11.9 Å². The van der Waals surface area contributed by atoms with E-state index >= 15 is 0 Å². The number of rotatable bonds is 5. The van der Waals surface area contributed by atoms with Crippen LogP contribution in [0.5, 0.6) is 0 Å². The second-order valence-electron chi connectivity index (χ2n) is 6.73. The van der Waals surface area contributed by atoms with Gasteiger partial charge in [-0.1, -0.05) is 35.9 Å². The molecule has 0 saturated carbocycles. The average Bonchev–Trinajstić information content (AvgIpc) is 2.87. The Bertz CT molecular complexity index is 1040. The number of non-ortho nitro benzene ring substituents is 1. The number of nitrogens with zero attached hydrogens (tertiary/aromatic N) is 2. The first-order valence-electron chi connectivity index (χ1n) is 8.57. The van der Waals surface area contributed by atoms with E-state index in [1.165, 1.54) is 12.1 Å². The van der Waals surface area contributed by atoms with Gasteiger partial charge in [0.05, 0.1) is 15.6 Å². The van der Waals surface area contributed by atoms with Gasteiger partial charge in [-0.2, -0.15) is 0 Å². The predicted molar refractivity (Wildman–Crippen MR) is 106 cm³/mol. The van der Waals surface area contributed by atoms with Crippen LogP contribution in [0.25, 0.3) is 0 Å². The quantitative estimate of drug-likeness (QED) is 0.441. The Balaban J connectivity index is 1.76. The molecular weight excluding hydrogens is 400 g/mol. The van der Waals surface area contributed by atoms with E-state index in [9.17, 15) is 24.5 Å². The summed E-state index contributed by atoms with van der Waals surface area (Å²) < 4.78 is 0. The van der Waals surface area contributed by atoms with Crippen LogP contribution in [-0.4, -0.2) is 34.2 Å². The van der Waals surface area contributed by atoms with E-state index in [0.717, 1.165) is 16.5 Å². The Morgan fingerprint density at radius 3 is 2.59 bits per heavy atom. The van der Waals surface area contributed by atoms with Gasteiger partial charge in [0.25, 0.3) is 11.6 Å². The minimum absolute atomic E-state index is 0.0329. The highest BCUT2D eigenvalue weighted by Gasteiger charge is 2.50. The monoisotopic (exact) mass is 416 g/mol. The van der Waals surface area contributed by atoms with Gasteiger partial charge in [0.2, 0.25) is 5.91 Å². The first-order chi connectivity index (χ1) is 13.6. The molecule has 4 amide bonds. The summed E-state index contributed by atoms with van der Waals surface area (Å²) in [5.41, 5.74) is 0.0904. The van der Waals surface area contributed by atoms with E-state index < -0.39 is 34.9 Å². The largest absolute Gasteiger partial charge is 0.325 e. The van der Waals surface area contributed by atoms with Crippen molar-refractivity contribution in [1.29, 1.82) is 0 Å². The summed E-state index contributed by atoms with van der Waals surface area (Å²) in [4.78, 5) is 48.6. The number of hydrogen-bond acceptors (Lipinski definition) is 5. The predicted octanol–water partition coefficient (Wildman–Crippen LogP) is 2.96. The van der Waals surface area contributed by atoms with Crippen LogP contribution in [0.4, 0.5) is 16.2 Å². The third-order valence-electron chi connectivity index (χ3n) is 4.70. The van der Waals surface area contributed by atoms with Crippen LogP contribution in [0.2, 0.25) is 5.02 Å². The van der Waals surface area contributed by atoms with Gasteiger partial charge in [0.1, 0.15) is 12.1 Å². The van der Waals surface area contributed by atoms with Gasteiger partial charge in [0.15, 0.2) is 0 Å². The summed E-state index contributed by atoms with van der Waals surface area (Å²) >= 11 is 5.96. The number of urea groups is 1. The lowest BCUT2D eigenvalue weighted by molar-refractivity contribution is -0.384. The van der Waals surface area contributed by atoms with Crippen LogP contribution >= 0.6 is 11.6 Å². The molecule has 1 aliphatic heterocycles. The molecule has 150 valence electrons. The van der Waals surface area contributed by atoms with Crippen LogP contribution in [0.15, 0.2) is 42.5 Å². The Hall–Kier alpha value is -3.46. The van der Waals surface area contributed by atoms with Gasteiger partial charge in [-0.25, -0.2) is 4.79 Å². The molecular formula is C19H17ClN4O5. The maximum absolute atomic E-state index is 12.9. The maximum Gasteiger partial charge on any atom is 0.325 e. The molecule has 1 unspecified atom stereocenters. The molecule has 2 aromatic rings. The Kier molecular flexibility index (Phi) is 5.25. The summed E-state index contributed by atoms with van der Waals surface area (Å²) in [7, 11) is 0. The molecule has 1 atom stereocenters. The summed E-state index contributed by atoms with van der Waals surface area (Å²) in [6.07, 6.45) is 0. The van der Waals surface area contributed by atoms with E-state index in [4.69, 9.17) is 11.6 Å². The van der Waals surface area contributed by atoms with Crippen LogP contribution < -0.4 is 10.6 Å². The second-order valence-corrected chi connectivity index (χ2v) is 7.14. The van der Waals surface area contributed by atoms with Gasteiger partial charge in [0, 0.05) is 12.1 Å². The molecule has 1 fully saturated rings. The molecule has 9 nitrogen and oxygen atoms in total. The van der Waals surface area contributed by atoms with E-state index in [1.54, 1.807) is 19.1 Å². The van der Waals surface area contributed by atoms with Gasteiger partial charge < -0.3 is 10.6 Å². The summed E-state index contributed by atoms with van der Waals surface area (Å²) in [6, 6.07) is 10.0. The molecule has 10 heteroatoms. The number of nitrogens with one attached hydrogen (secondary N) is 2. The van der Waals surface area contributed by atoms with Crippen molar-refractivity contribution in [3.63, 3.8) is 0 Å². The van der Waals surface area contributed by atoms with Gasteiger partial charge >= 0.3 is 6.03 Å². The van der Waals surface area contributed by atoms with Crippen molar-refractivity contribution in [3.8, 4) is 0 Å². The number of carbonyl (C=O) groups is 3. The highest BCUT2D eigenvalue weighted by molar-refractivity contribution is 6.34. The number of halogens is 1. The molecule has 3 rings (SSSR count). The van der Waals surface area contributed by atoms with Crippen LogP contribution in [0, 0.1) is 17.0 Å². The molecule has 0 spiro atoms. The van der Waals surface area contributed by atoms with Crippen molar-refractivity contribution in [2.24, 2.45) is 0 Å². The van der Waals surface area contributed by atoms with E-state index in [-0.39, 0.29) is 16.4 Å². The van der Waals surface area contributed by atoms with Crippen molar-refractivity contribution in [1.82, 2.24) is 10.2 Å². The SMILES string of the molecule is Cc1ccccc1C1(C)NC(=O)N(CC(=O)Nc2ccc([N+](=O)[O-])cc2Cl)C1=O. The molecule has 0 radical (unpaired) electrons. The van der Waals surface area contributed by atoms with E-state index in [0.29, 0.717) is 5.56 Å². The van der Waals surface area contributed by atoms with Crippen LogP contribution in [0.3, 0.4) is 0 Å². The van der Waals surface area contributed by atoms with Gasteiger partial charge in [-0.05, 0) is 31.0 Å². The molecule has 2 N–H and O–H groups in total. The highest BCUT2D eigenvalue weighted by Crippen LogP contribution is 2.31. The van der Waals surface area contributed by atoms with Crippen molar-refractivity contribution < 1.29 is 19.3 Å². The number of nitro benzene ring substituents is 1. The number of benzene rings is 2. The number of amides is 4. The topological polar surface area (TPSA) is 122 Å². The number of hydrogen-bond donors (Lipinski definition) is 2. The lowest BCUT2D eigenvalue weighted by Crippen LogP contribution is -2.42. The molecule has 1 heterocycles. The van der Waals surface area contributed by atoms with Crippen LogP contribution in [0.1, 0.15) is 18.1 Å². The number of carbonyl (C=O) groups excluding carboxylic acids is 3. The third-order valence-corrected chi connectivity index (χ3v) is 5.01. The second kappa shape index (κ2) is 7.51. The molecule has 2 aromatic carbocycles. The van der Waals surface area contributed by atoms with E-state index in [2.05, 4.69) is 10.6 Å². The number of anilines is 1. The average molecular weight is 417 g/mol. The lowest BCUT2D eigenvalue weighted by atomic mass is 9.88. The zero-order chi connectivity index (χ0) is 21.3. The Morgan fingerprint density at radius 2 is 1.97 bits per heavy atom. The highest BCUT2D eigenvalue weighted by atomic mass is 35.5. The fourth-order valence-corrected chi connectivity index (χ4v) is 3.43. The van der Waals surface area contributed by atoms with Gasteiger partial charge in [-0.3, -0.25) is 24.6 Å². The number of nitro groups is 1. The number of aryl methyl sites for hydroxylation is 1. The summed E-state index contributed by atoms with van der Waals surface area (Å²) in [5.74, 6) is -1.22. The normalized spacial score (nSPS) is 18.5. The van der Waals surface area contributed by atoms with Gasteiger partial charge in [-0.15, -0.1) is 0 Å². The molecule has 1 saturated heterocycles. The van der Waals surface area contributed by atoms with Crippen molar-refractivity contribution in [2.45, 2.75) is 19.4 Å². The number of imide groups is 1. The lowest BCUT2D eigenvalue weighted by Gasteiger charge is -2.24. The summed E-state index contributed by atoms with van der Waals surface area (Å²) in [6.45, 7) is 2.88. The fraction of sp³-hybridized carbons (Fsp3) is 0.211. The van der Waals surface area contributed by atoms with Crippen LogP contribution in [-0.2, 0) is 15.1 Å². The zero-order valence-corrected chi connectivity index (χ0v) is 16.3.